The molecule has 19 heavy (non-hydrogen) atoms. The van der Waals surface area contributed by atoms with Crippen LogP contribution in [-0.4, -0.2) is 20.0 Å². The molecule has 3 N–H and O–H groups in total. The smallest absolute Gasteiger partial charge is 0.186 e. The number of H-pyrrole nitrogens is 1. The lowest BCUT2D eigenvalue weighted by atomic mass is 10.1. The summed E-state index contributed by atoms with van der Waals surface area (Å²) in [4.78, 5) is 0. The Hall–Kier alpha value is -2.30. The third-order valence-corrected chi connectivity index (χ3v) is 3.27. The molecule has 0 amide bonds. The Bertz CT molecular complexity index is 730. The van der Waals surface area contributed by atoms with Crippen LogP contribution in [0.3, 0.4) is 0 Å². The van der Waals surface area contributed by atoms with Crippen LogP contribution in [0.5, 0.6) is 0 Å². The normalized spacial score (nSPS) is 11.3. The molecule has 3 rings (SSSR count). The van der Waals surface area contributed by atoms with Gasteiger partial charge in [0, 0.05) is 0 Å². The summed E-state index contributed by atoms with van der Waals surface area (Å²) >= 11 is 0. The summed E-state index contributed by atoms with van der Waals surface area (Å²) in [6, 6.07) is 6.34. The molecule has 0 atom stereocenters. The van der Waals surface area contributed by atoms with Crippen molar-refractivity contribution in [3.63, 3.8) is 0 Å². The highest BCUT2D eigenvalue weighted by Gasteiger charge is 2.16. The molecule has 0 aliphatic rings. The van der Waals surface area contributed by atoms with Gasteiger partial charge in [0.15, 0.2) is 5.65 Å². The van der Waals surface area contributed by atoms with E-state index in [-0.39, 0.29) is 0 Å². The molecule has 5 heteroatoms. The lowest BCUT2D eigenvalue weighted by molar-refractivity contribution is 0.842. The van der Waals surface area contributed by atoms with Gasteiger partial charge < -0.3 is 5.73 Å². The predicted molar refractivity (Wildman–Crippen MR) is 76.5 cm³/mol. The van der Waals surface area contributed by atoms with Crippen LogP contribution in [0.2, 0.25) is 0 Å². The third-order valence-electron chi connectivity index (χ3n) is 3.27. The number of nitrogens with two attached hydrogens (primary N) is 1. The topological polar surface area (TPSA) is 72.5 Å². The van der Waals surface area contributed by atoms with E-state index < -0.39 is 0 Å². The predicted octanol–water partition coefficient (Wildman–Crippen LogP) is 2.51. The number of aromatic nitrogens is 4. The molecule has 2 heterocycles. The van der Waals surface area contributed by atoms with Crippen LogP contribution < -0.4 is 5.73 Å². The fourth-order valence-corrected chi connectivity index (χ4v) is 2.50. The molecule has 0 spiro atoms. The second-order valence-electron chi connectivity index (χ2n) is 4.89. The molecule has 0 fully saturated rings. The van der Waals surface area contributed by atoms with Crippen LogP contribution >= 0.6 is 0 Å². The number of nitrogens with zero attached hydrogens (tertiary/aromatic N) is 3. The van der Waals surface area contributed by atoms with Gasteiger partial charge in [-0.05, 0) is 43.5 Å². The Morgan fingerprint density at radius 3 is 2.53 bits per heavy atom. The molecule has 1 aromatic carbocycles. The van der Waals surface area contributed by atoms with Gasteiger partial charge in [-0.25, -0.2) is 4.68 Å². The first kappa shape index (κ1) is 11.8. The standard InChI is InChI=1S/C14H17N5/c1-4-11-12-13(15)16-17-14(12)19(18-11)10-6-8(2)5-9(3)7-10/h5-7H,4H2,1-3H3,(H3,15,16,17). The molecule has 0 bridgehead atoms. The van der Waals surface area contributed by atoms with Crippen molar-refractivity contribution < 1.29 is 0 Å². The second kappa shape index (κ2) is 4.12. The summed E-state index contributed by atoms with van der Waals surface area (Å²) in [5.74, 6) is 0.586. The van der Waals surface area contributed by atoms with Crippen LogP contribution in [-0.2, 0) is 6.42 Å². The summed E-state index contributed by atoms with van der Waals surface area (Å²) in [6.07, 6.45) is 0.831. The number of anilines is 1. The van der Waals surface area contributed by atoms with Crippen molar-refractivity contribution in [3.05, 3.63) is 35.0 Å². The van der Waals surface area contributed by atoms with Gasteiger partial charge in [0.2, 0.25) is 0 Å². The van der Waals surface area contributed by atoms with E-state index in [0.717, 1.165) is 28.8 Å². The van der Waals surface area contributed by atoms with Crippen molar-refractivity contribution in [2.24, 2.45) is 0 Å². The van der Waals surface area contributed by atoms with E-state index in [1.165, 1.54) is 11.1 Å². The van der Waals surface area contributed by atoms with Gasteiger partial charge in [0.25, 0.3) is 0 Å². The fraction of sp³-hybridized carbons (Fsp3) is 0.286. The largest absolute Gasteiger partial charge is 0.383 e. The minimum atomic E-state index is 0.586. The van der Waals surface area contributed by atoms with E-state index >= 15 is 0 Å². The molecule has 0 saturated heterocycles. The zero-order valence-corrected chi connectivity index (χ0v) is 11.4. The average Bonchev–Trinajstić information content (AvgIpc) is 2.89. The van der Waals surface area contributed by atoms with Gasteiger partial charge >= 0.3 is 0 Å². The Morgan fingerprint density at radius 2 is 1.89 bits per heavy atom. The highest BCUT2D eigenvalue weighted by Crippen LogP contribution is 2.25. The minimum Gasteiger partial charge on any atom is -0.383 e. The first-order valence-electron chi connectivity index (χ1n) is 6.40. The maximum atomic E-state index is 5.93. The van der Waals surface area contributed by atoms with Crippen molar-refractivity contribution in [3.8, 4) is 5.69 Å². The van der Waals surface area contributed by atoms with Crippen molar-refractivity contribution >= 4 is 16.9 Å². The average molecular weight is 255 g/mol. The molecule has 5 nitrogen and oxygen atoms in total. The van der Waals surface area contributed by atoms with Gasteiger partial charge in [-0.1, -0.05) is 13.0 Å². The first-order valence-corrected chi connectivity index (χ1v) is 6.40. The Labute approximate surface area is 111 Å². The zero-order chi connectivity index (χ0) is 13.6. The van der Waals surface area contributed by atoms with E-state index in [9.17, 15) is 0 Å². The van der Waals surface area contributed by atoms with E-state index in [0.29, 0.717) is 5.82 Å². The lowest BCUT2D eigenvalue weighted by Crippen LogP contribution is -1.99. The highest BCUT2D eigenvalue weighted by molar-refractivity contribution is 5.89. The quantitative estimate of drug-likeness (QED) is 0.739. The van der Waals surface area contributed by atoms with E-state index in [1.54, 1.807) is 0 Å². The number of nitrogens with one attached hydrogen (secondary N) is 1. The molecule has 0 saturated carbocycles. The second-order valence-corrected chi connectivity index (χ2v) is 4.89. The van der Waals surface area contributed by atoms with Crippen LogP contribution in [0, 0.1) is 13.8 Å². The van der Waals surface area contributed by atoms with Crippen LogP contribution in [0.1, 0.15) is 23.7 Å². The molecule has 3 aromatic rings. The molecule has 0 radical (unpaired) electrons. The van der Waals surface area contributed by atoms with Crippen LogP contribution in [0.15, 0.2) is 18.2 Å². The summed E-state index contributed by atoms with van der Waals surface area (Å²) < 4.78 is 1.86. The monoisotopic (exact) mass is 255 g/mol. The molecular weight excluding hydrogens is 238 g/mol. The van der Waals surface area contributed by atoms with E-state index in [1.807, 2.05) is 4.68 Å². The van der Waals surface area contributed by atoms with Gasteiger partial charge in [-0.3, -0.25) is 5.10 Å². The van der Waals surface area contributed by atoms with Crippen LogP contribution in [0.25, 0.3) is 16.7 Å². The Balaban J connectivity index is 2.30. The molecular formula is C14H17N5. The summed E-state index contributed by atoms with van der Waals surface area (Å²) in [6.45, 7) is 6.23. The number of hydrogen-bond donors (Lipinski definition) is 2. The van der Waals surface area contributed by atoms with Gasteiger partial charge in [0.1, 0.15) is 5.82 Å². The van der Waals surface area contributed by atoms with Gasteiger partial charge in [-0.15, -0.1) is 0 Å². The highest BCUT2D eigenvalue weighted by atomic mass is 15.4. The van der Waals surface area contributed by atoms with E-state index in [2.05, 4.69) is 54.3 Å². The number of rotatable bonds is 2. The third kappa shape index (κ3) is 1.78. The van der Waals surface area contributed by atoms with Crippen molar-refractivity contribution in [1.29, 1.82) is 0 Å². The Kier molecular flexibility index (Phi) is 2.55. The number of nitrogen functional groups attached to an aromatic ring is 1. The number of aryl methyl sites for hydroxylation is 3. The summed E-state index contributed by atoms with van der Waals surface area (Å²) in [5, 5.41) is 12.7. The van der Waals surface area contributed by atoms with Gasteiger partial charge in [-0.2, -0.15) is 10.2 Å². The first-order chi connectivity index (χ1) is 9.10. The lowest BCUT2D eigenvalue weighted by Gasteiger charge is -2.05. The summed E-state index contributed by atoms with van der Waals surface area (Å²) in [7, 11) is 0. The molecule has 0 unspecified atom stereocenters. The number of hydrogen-bond acceptors (Lipinski definition) is 3. The van der Waals surface area contributed by atoms with Crippen molar-refractivity contribution in [2.75, 3.05) is 5.73 Å². The van der Waals surface area contributed by atoms with E-state index in [4.69, 9.17) is 5.73 Å². The Morgan fingerprint density at radius 1 is 1.21 bits per heavy atom. The molecule has 0 aliphatic carbocycles. The number of aromatic amines is 1. The minimum absolute atomic E-state index is 0.586. The van der Waals surface area contributed by atoms with Gasteiger partial charge in [0.05, 0.1) is 16.8 Å². The maximum Gasteiger partial charge on any atom is 0.186 e. The SMILES string of the molecule is CCc1nn(-c2cc(C)cc(C)c2)c2n[nH]c(N)c12. The molecule has 2 aromatic heterocycles. The van der Waals surface area contributed by atoms with Crippen molar-refractivity contribution in [1.82, 2.24) is 20.0 Å². The van der Waals surface area contributed by atoms with Crippen molar-refractivity contribution in [2.45, 2.75) is 27.2 Å². The fourth-order valence-electron chi connectivity index (χ4n) is 2.50. The number of benzene rings is 1. The maximum absolute atomic E-state index is 5.93. The molecule has 98 valence electrons. The number of fused-ring (bicyclic) bond motifs is 1. The van der Waals surface area contributed by atoms with Crippen LogP contribution in [0.4, 0.5) is 5.82 Å². The summed E-state index contributed by atoms with van der Waals surface area (Å²) in [5.41, 5.74) is 11.1. The molecule has 0 aliphatic heterocycles. The zero-order valence-electron chi connectivity index (χ0n) is 11.4.